The minimum Gasteiger partial charge on any atom is -0.493 e. The Balaban J connectivity index is 1.69. The number of carbonyl (C=O) groups excluding carboxylic acids is 2. The number of ether oxygens (including phenoxy) is 2. The molecule has 9 heteroatoms. The van der Waals surface area contributed by atoms with Gasteiger partial charge in [0, 0.05) is 10.6 Å². The van der Waals surface area contributed by atoms with Crippen LogP contribution >= 0.6 is 34.8 Å². The third-order valence-corrected chi connectivity index (χ3v) is 4.99. The number of benzene rings is 3. The summed E-state index contributed by atoms with van der Waals surface area (Å²) in [6.45, 7) is 0. The van der Waals surface area contributed by atoms with Crippen molar-refractivity contribution in [1.29, 1.82) is 0 Å². The second-order valence-electron chi connectivity index (χ2n) is 6.14. The number of halogens is 3. The average molecular weight is 478 g/mol. The van der Waals surface area contributed by atoms with Crippen molar-refractivity contribution in [2.24, 2.45) is 5.10 Å². The zero-order valence-corrected chi connectivity index (χ0v) is 18.3. The van der Waals surface area contributed by atoms with Gasteiger partial charge >= 0.3 is 5.97 Å². The van der Waals surface area contributed by atoms with Crippen LogP contribution in [0.15, 0.2) is 65.8 Å². The molecule has 0 radical (unpaired) electrons. The highest BCUT2D eigenvalue weighted by atomic mass is 35.5. The Kier molecular flexibility index (Phi) is 7.52. The molecule has 0 unspecified atom stereocenters. The summed E-state index contributed by atoms with van der Waals surface area (Å²) >= 11 is 17.7. The average Bonchev–Trinajstić information content (AvgIpc) is 2.76. The number of methoxy groups -OCH3 is 1. The summed E-state index contributed by atoms with van der Waals surface area (Å²) in [6.07, 6.45) is 1.43. The van der Waals surface area contributed by atoms with Crippen molar-refractivity contribution >= 4 is 52.9 Å². The molecule has 158 valence electrons. The van der Waals surface area contributed by atoms with Crippen LogP contribution < -0.4 is 14.9 Å². The first-order valence-corrected chi connectivity index (χ1v) is 9.95. The van der Waals surface area contributed by atoms with Gasteiger partial charge in [0.15, 0.2) is 11.5 Å². The summed E-state index contributed by atoms with van der Waals surface area (Å²) in [7, 11) is 1.44. The highest BCUT2D eigenvalue weighted by Crippen LogP contribution is 2.29. The van der Waals surface area contributed by atoms with Crippen molar-refractivity contribution in [2.45, 2.75) is 0 Å². The largest absolute Gasteiger partial charge is 0.493 e. The highest BCUT2D eigenvalue weighted by molar-refractivity contribution is 6.42. The molecule has 3 aromatic rings. The number of rotatable bonds is 6. The highest BCUT2D eigenvalue weighted by Gasteiger charge is 2.14. The summed E-state index contributed by atoms with van der Waals surface area (Å²) in [4.78, 5) is 24.5. The van der Waals surface area contributed by atoms with Crippen molar-refractivity contribution < 1.29 is 19.1 Å². The Morgan fingerprint density at radius 1 is 0.903 bits per heavy atom. The maximum Gasteiger partial charge on any atom is 0.343 e. The second kappa shape index (κ2) is 10.3. The molecule has 3 aromatic carbocycles. The number of hydrogen-bond donors (Lipinski definition) is 1. The predicted octanol–water partition coefficient (Wildman–Crippen LogP) is 5.64. The lowest BCUT2D eigenvalue weighted by Crippen LogP contribution is -2.17. The fraction of sp³-hybridized carbons (Fsp3) is 0.0455. The number of amides is 1. The minimum atomic E-state index is -0.618. The molecule has 0 fully saturated rings. The SMILES string of the molecule is COc1cc(C=NNC(=O)c2cccc(Cl)c2)ccc1OC(=O)c1ccc(Cl)c(Cl)c1. The van der Waals surface area contributed by atoms with Gasteiger partial charge in [-0.1, -0.05) is 40.9 Å². The number of nitrogens with one attached hydrogen (secondary N) is 1. The molecule has 1 N–H and O–H groups in total. The Morgan fingerprint density at radius 3 is 2.42 bits per heavy atom. The van der Waals surface area contributed by atoms with E-state index < -0.39 is 11.9 Å². The van der Waals surface area contributed by atoms with Crippen molar-refractivity contribution in [3.05, 3.63) is 92.4 Å². The summed E-state index contributed by atoms with van der Waals surface area (Å²) in [6, 6.07) is 15.7. The molecule has 6 nitrogen and oxygen atoms in total. The zero-order valence-electron chi connectivity index (χ0n) is 16.1. The van der Waals surface area contributed by atoms with E-state index in [0.29, 0.717) is 26.9 Å². The van der Waals surface area contributed by atoms with Gasteiger partial charge in [0.25, 0.3) is 5.91 Å². The predicted molar refractivity (Wildman–Crippen MR) is 121 cm³/mol. The number of hydrazone groups is 1. The smallest absolute Gasteiger partial charge is 0.343 e. The monoisotopic (exact) mass is 476 g/mol. The molecule has 0 atom stereocenters. The first kappa shape index (κ1) is 22.6. The number of hydrogen-bond acceptors (Lipinski definition) is 5. The quantitative estimate of drug-likeness (QED) is 0.216. The molecule has 0 spiro atoms. The Labute approximate surface area is 193 Å². The number of nitrogens with zero attached hydrogens (tertiary/aromatic N) is 1. The molecule has 3 rings (SSSR count). The van der Waals surface area contributed by atoms with Crippen LogP contribution in [0, 0.1) is 0 Å². The van der Waals surface area contributed by atoms with Gasteiger partial charge in [-0.25, -0.2) is 10.2 Å². The zero-order chi connectivity index (χ0) is 22.4. The van der Waals surface area contributed by atoms with E-state index in [9.17, 15) is 9.59 Å². The van der Waals surface area contributed by atoms with E-state index >= 15 is 0 Å². The van der Waals surface area contributed by atoms with Gasteiger partial charge in [0.1, 0.15) is 0 Å². The van der Waals surface area contributed by atoms with Crippen LogP contribution in [0.2, 0.25) is 15.1 Å². The molecule has 0 bridgehead atoms. The van der Waals surface area contributed by atoms with Crippen molar-refractivity contribution in [3.63, 3.8) is 0 Å². The van der Waals surface area contributed by atoms with Crippen LogP contribution in [0.4, 0.5) is 0 Å². The van der Waals surface area contributed by atoms with Crippen LogP contribution in [0.25, 0.3) is 0 Å². The van der Waals surface area contributed by atoms with Gasteiger partial charge in [-0.15, -0.1) is 0 Å². The van der Waals surface area contributed by atoms with Crippen molar-refractivity contribution in [1.82, 2.24) is 5.43 Å². The van der Waals surface area contributed by atoms with Crippen LogP contribution in [0.1, 0.15) is 26.3 Å². The lowest BCUT2D eigenvalue weighted by atomic mass is 10.2. The standard InChI is InChI=1S/C22H15Cl3N2O4/c1-30-20-9-13(12-26-27-21(28)14-3-2-4-16(23)10-14)5-8-19(20)31-22(29)15-6-7-17(24)18(25)11-15/h2-12H,1H3,(H,27,28). The van der Waals surface area contributed by atoms with Gasteiger partial charge in [0.2, 0.25) is 0 Å². The van der Waals surface area contributed by atoms with E-state index in [2.05, 4.69) is 10.5 Å². The first-order valence-electron chi connectivity index (χ1n) is 8.81. The summed E-state index contributed by atoms with van der Waals surface area (Å²) in [5.41, 5.74) is 3.64. The second-order valence-corrected chi connectivity index (χ2v) is 7.39. The minimum absolute atomic E-state index is 0.207. The normalized spacial score (nSPS) is 10.7. The molecule has 0 aliphatic heterocycles. The lowest BCUT2D eigenvalue weighted by molar-refractivity contribution is 0.0729. The van der Waals surface area contributed by atoms with Crippen LogP contribution in [0.5, 0.6) is 11.5 Å². The molecule has 0 aliphatic carbocycles. The molecular weight excluding hydrogens is 463 g/mol. The fourth-order valence-corrected chi connectivity index (χ4v) is 2.98. The third-order valence-electron chi connectivity index (χ3n) is 4.01. The molecule has 0 heterocycles. The van der Waals surface area contributed by atoms with Gasteiger partial charge in [0.05, 0.1) is 28.9 Å². The van der Waals surface area contributed by atoms with Gasteiger partial charge in [-0.3, -0.25) is 4.79 Å². The Morgan fingerprint density at radius 2 is 1.71 bits per heavy atom. The lowest BCUT2D eigenvalue weighted by Gasteiger charge is -2.10. The van der Waals surface area contributed by atoms with E-state index in [1.54, 1.807) is 36.4 Å². The molecule has 0 saturated carbocycles. The molecule has 0 aromatic heterocycles. The summed E-state index contributed by atoms with van der Waals surface area (Å²) in [5.74, 6) is -0.512. The maximum atomic E-state index is 12.4. The van der Waals surface area contributed by atoms with Crippen LogP contribution in [-0.4, -0.2) is 25.2 Å². The molecule has 0 saturated heterocycles. The van der Waals surface area contributed by atoms with Gasteiger partial charge in [-0.2, -0.15) is 5.10 Å². The summed E-state index contributed by atoms with van der Waals surface area (Å²) in [5, 5.41) is 4.95. The van der Waals surface area contributed by atoms with Gasteiger partial charge in [-0.05, 0) is 60.2 Å². The topological polar surface area (TPSA) is 77.0 Å². The van der Waals surface area contributed by atoms with E-state index in [1.807, 2.05) is 0 Å². The molecule has 31 heavy (non-hydrogen) atoms. The molecule has 0 aliphatic rings. The van der Waals surface area contributed by atoms with Crippen molar-refractivity contribution in [2.75, 3.05) is 7.11 Å². The number of esters is 1. The number of carbonyl (C=O) groups is 2. The van der Waals surface area contributed by atoms with E-state index in [1.165, 1.54) is 37.6 Å². The Bertz CT molecular complexity index is 1170. The van der Waals surface area contributed by atoms with Crippen LogP contribution in [0.3, 0.4) is 0 Å². The van der Waals surface area contributed by atoms with E-state index in [-0.39, 0.29) is 16.3 Å². The van der Waals surface area contributed by atoms with Crippen LogP contribution in [-0.2, 0) is 0 Å². The maximum absolute atomic E-state index is 12.4. The van der Waals surface area contributed by atoms with E-state index in [4.69, 9.17) is 44.3 Å². The molecular formula is C22H15Cl3N2O4. The van der Waals surface area contributed by atoms with Crippen molar-refractivity contribution in [3.8, 4) is 11.5 Å². The van der Waals surface area contributed by atoms with Gasteiger partial charge < -0.3 is 9.47 Å². The first-order chi connectivity index (χ1) is 14.9. The molecule has 1 amide bonds. The summed E-state index contributed by atoms with van der Waals surface area (Å²) < 4.78 is 10.7. The Hall–Kier alpha value is -3.06. The third kappa shape index (κ3) is 5.98. The van der Waals surface area contributed by atoms with E-state index in [0.717, 1.165) is 0 Å². The fourth-order valence-electron chi connectivity index (χ4n) is 2.49.